The zero-order valence-electron chi connectivity index (χ0n) is 20.1. The Kier molecular flexibility index (Phi) is 7.10. The number of nitrogens with one attached hydrogen (secondary N) is 1. The van der Waals surface area contributed by atoms with E-state index in [0.29, 0.717) is 34.8 Å². The summed E-state index contributed by atoms with van der Waals surface area (Å²) in [6.45, 7) is 5.89. The van der Waals surface area contributed by atoms with E-state index in [0.717, 1.165) is 16.8 Å². The lowest BCUT2D eigenvalue weighted by Gasteiger charge is -2.10. The Morgan fingerprint density at radius 1 is 1.06 bits per heavy atom. The highest BCUT2D eigenvalue weighted by atomic mass is 19.1. The summed E-state index contributed by atoms with van der Waals surface area (Å²) in [6.07, 6.45) is 0. The van der Waals surface area contributed by atoms with Gasteiger partial charge in [-0.05, 0) is 68.3 Å². The second-order valence-corrected chi connectivity index (χ2v) is 8.48. The van der Waals surface area contributed by atoms with Gasteiger partial charge in [-0.25, -0.2) is 4.39 Å². The predicted molar refractivity (Wildman–Crippen MR) is 134 cm³/mol. The van der Waals surface area contributed by atoms with Crippen LogP contribution in [0.25, 0.3) is 0 Å². The number of nitrogens with zero attached hydrogens (tertiary/aromatic N) is 3. The van der Waals surface area contributed by atoms with E-state index in [-0.39, 0.29) is 24.0 Å². The van der Waals surface area contributed by atoms with Crippen LogP contribution in [0.1, 0.15) is 38.4 Å². The lowest BCUT2D eigenvalue weighted by atomic mass is 10.1. The van der Waals surface area contributed by atoms with Gasteiger partial charge in [0.25, 0.3) is 11.6 Å². The van der Waals surface area contributed by atoms with Gasteiger partial charge in [-0.3, -0.25) is 19.6 Å². The van der Waals surface area contributed by atoms with Crippen LogP contribution in [0.5, 0.6) is 5.75 Å². The Hall–Kier alpha value is -4.53. The van der Waals surface area contributed by atoms with Gasteiger partial charge >= 0.3 is 0 Å². The summed E-state index contributed by atoms with van der Waals surface area (Å²) in [6, 6.07) is 17.9. The van der Waals surface area contributed by atoms with E-state index in [1.165, 1.54) is 18.2 Å². The summed E-state index contributed by atoms with van der Waals surface area (Å²) in [5.41, 5.74) is 4.57. The monoisotopic (exact) mass is 488 g/mol. The van der Waals surface area contributed by atoms with E-state index >= 15 is 0 Å². The summed E-state index contributed by atoms with van der Waals surface area (Å²) in [5.74, 6) is -0.0976. The molecule has 0 aliphatic rings. The molecule has 0 saturated carbocycles. The molecule has 0 spiro atoms. The largest absolute Gasteiger partial charge is 0.489 e. The van der Waals surface area contributed by atoms with Crippen LogP contribution in [0, 0.1) is 36.7 Å². The van der Waals surface area contributed by atoms with E-state index in [2.05, 4.69) is 10.4 Å². The molecule has 4 rings (SSSR count). The highest BCUT2D eigenvalue weighted by Gasteiger charge is 2.16. The minimum absolute atomic E-state index is 0.0332. The number of nitro groups is 1. The summed E-state index contributed by atoms with van der Waals surface area (Å²) >= 11 is 0. The van der Waals surface area contributed by atoms with Crippen LogP contribution in [-0.4, -0.2) is 20.6 Å². The average molecular weight is 489 g/mol. The van der Waals surface area contributed by atoms with E-state index in [1.54, 1.807) is 54.9 Å². The van der Waals surface area contributed by atoms with Crippen molar-refractivity contribution in [3.05, 3.63) is 116 Å². The summed E-state index contributed by atoms with van der Waals surface area (Å²) < 4.78 is 21.0. The van der Waals surface area contributed by atoms with Gasteiger partial charge in [-0.15, -0.1) is 0 Å². The van der Waals surface area contributed by atoms with Crippen LogP contribution >= 0.6 is 0 Å². The van der Waals surface area contributed by atoms with Crippen molar-refractivity contribution in [3.8, 4) is 5.75 Å². The maximum Gasteiger partial charge on any atom is 0.272 e. The lowest BCUT2D eigenvalue weighted by molar-refractivity contribution is -0.385. The molecule has 8 nitrogen and oxygen atoms in total. The summed E-state index contributed by atoms with van der Waals surface area (Å²) in [5, 5.41) is 18.4. The molecule has 0 saturated heterocycles. The molecule has 4 aromatic rings. The van der Waals surface area contributed by atoms with Crippen molar-refractivity contribution in [2.75, 3.05) is 5.32 Å². The van der Waals surface area contributed by atoms with E-state index in [4.69, 9.17) is 4.74 Å². The second kappa shape index (κ2) is 10.4. The number of aromatic nitrogens is 2. The first-order chi connectivity index (χ1) is 17.2. The van der Waals surface area contributed by atoms with E-state index < -0.39 is 4.92 Å². The third-order valence-electron chi connectivity index (χ3n) is 5.80. The Morgan fingerprint density at radius 2 is 1.81 bits per heavy atom. The number of carbonyl (C=O) groups excluding carboxylic acids is 1. The molecule has 9 heteroatoms. The normalized spacial score (nSPS) is 10.8. The molecule has 0 fully saturated rings. The van der Waals surface area contributed by atoms with Crippen molar-refractivity contribution >= 4 is 17.3 Å². The number of ether oxygens (including phenoxy) is 1. The van der Waals surface area contributed by atoms with Crippen molar-refractivity contribution in [2.24, 2.45) is 0 Å². The fourth-order valence-electron chi connectivity index (χ4n) is 3.92. The zero-order chi connectivity index (χ0) is 25.8. The molecule has 0 unspecified atom stereocenters. The molecule has 1 heterocycles. The predicted octanol–water partition coefficient (Wildman–Crippen LogP) is 5.74. The number of rotatable bonds is 8. The van der Waals surface area contributed by atoms with Gasteiger partial charge in [0.2, 0.25) is 0 Å². The van der Waals surface area contributed by atoms with Crippen molar-refractivity contribution in [3.63, 3.8) is 0 Å². The van der Waals surface area contributed by atoms with Crippen molar-refractivity contribution in [2.45, 2.75) is 33.9 Å². The molecule has 3 aromatic carbocycles. The first-order valence-electron chi connectivity index (χ1n) is 11.3. The number of anilines is 1. The minimum atomic E-state index is -0.435. The molecule has 0 aliphatic heterocycles. The van der Waals surface area contributed by atoms with Crippen LogP contribution < -0.4 is 10.1 Å². The number of hydrogen-bond acceptors (Lipinski definition) is 5. The third kappa shape index (κ3) is 5.57. The number of halogens is 1. The fourth-order valence-corrected chi connectivity index (χ4v) is 3.92. The first-order valence-corrected chi connectivity index (χ1v) is 11.3. The van der Waals surface area contributed by atoms with Gasteiger partial charge in [0, 0.05) is 17.2 Å². The first kappa shape index (κ1) is 24.6. The summed E-state index contributed by atoms with van der Waals surface area (Å²) in [4.78, 5) is 23.6. The van der Waals surface area contributed by atoms with Crippen molar-refractivity contribution < 1.29 is 18.8 Å². The maximum absolute atomic E-state index is 13.5. The minimum Gasteiger partial charge on any atom is -0.489 e. The number of aryl methyl sites for hydroxylation is 2. The number of nitro benzene ring substituents is 1. The van der Waals surface area contributed by atoms with Gasteiger partial charge in [0.15, 0.2) is 0 Å². The molecule has 0 aliphatic carbocycles. The second-order valence-electron chi connectivity index (χ2n) is 8.48. The standard InChI is InChI=1S/C27H25FN4O4/c1-17-12-24(10-11-25(17)32(34)35)36-16-21-7-4-8-22(13-21)27(33)29-26-18(2)30-31(19(26)3)15-20-6-5-9-23(28)14-20/h4-14H,15-16H2,1-3H3,(H,29,33). The molecule has 184 valence electrons. The number of hydrogen-bond donors (Lipinski definition) is 1. The molecular weight excluding hydrogens is 463 g/mol. The number of amides is 1. The zero-order valence-corrected chi connectivity index (χ0v) is 20.1. The van der Waals surface area contributed by atoms with Crippen LogP contribution in [0.15, 0.2) is 66.7 Å². The quantitative estimate of drug-likeness (QED) is 0.252. The van der Waals surface area contributed by atoms with Crippen LogP contribution in [0.3, 0.4) is 0 Å². The van der Waals surface area contributed by atoms with Crippen LogP contribution in [0.4, 0.5) is 15.8 Å². The molecule has 36 heavy (non-hydrogen) atoms. The topological polar surface area (TPSA) is 99.3 Å². The number of benzene rings is 3. The van der Waals surface area contributed by atoms with Gasteiger partial charge in [0.1, 0.15) is 18.2 Å². The highest BCUT2D eigenvalue weighted by molar-refractivity contribution is 6.05. The molecule has 1 N–H and O–H groups in total. The Balaban J connectivity index is 1.44. The van der Waals surface area contributed by atoms with Gasteiger partial charge in [-0.2, -0.15) is 5.10 Å². The molecule has 1 amide bonds. The molecular formula is C27H25FN4O4. The van der Waals surface area contributed by atoms with Crippen molar-refractivity contribution in [1.29, 1.82) is 0 Å². The van der Waals surface area contributed by atoms with Crippen LogP contribution in [-0.2, 0) is 13.2 Å². The van der Waals surface area contributed by atoms with Gasteiger partial charge in [-0.1, -0.05) is 24.3 Å². The lowest BCUT2D eigenvalue weighted by Crippen LogP contribution is -2.14. The fraction of sp³-hybridized carbons (Fsp3) is 0.185. The Bertz CT molecular complexity index is 1450. The molecule has 0 atom stereocenters. The third-order valence-corrected chi connectivity index (χ3v) is 5.80. The van der Waals surface area contributed by atoms with Gasteiger partial charge < -0.3 is 10.1 Å². The van der Waals surface area contributed by atoms with Gasteiger partial charge in [0.05, 0.1) is 28.5 Å². The summed E-state index contributed by atoms with van der Waals surface area (Å²) in [7, 11) is 0. The number of carbonyl (C=O) groups is 1. The van der Waals surface area contributed by atoms with Crippen LogP contribution in [0.2, 0.25) is 0 Å². The smallest absolute Gasteiger partial charge is 0.272 e. The van der Waals surface area contributed by atoms with Crippen molar-refractivity contribution in [1.82, 2.24) is 9.78 Å². The Morgan fingerprint density at radius 3 is 2.53 bits per heavy atom. The molecule has 0 bridgehead atoms. The molecule has 1 aromatic heterocycles. The highest BCUT2D eigenvalue weighted by Crippen LogP contribution is 2.24. The molecule has 0 radical (unpaired) electrons. The average Bonchev–Trinajstić information content (AvgIpc) is 3.10. The SMILES string of the molecule is Cc1cc(OCc2cccc(C(=O)Nc3c(C)nn(Cc4cccc(F)c4)c3C)c2)ccc1[N+](=O)[O-]. The van der Waals surface area contributed by atoms with E-state index in [1.807, 2.05) is 19.1 Å². The Labute approximate surface area is 207 Å². The maximum atomic E-state index is 13.5. The van der Waals surface area contributed by atoms with E-state index in [9.17, 15) is 19.3 Å².